The van der Waals surface area contributed by atoms with Crippen LogP contribution in [-0.4, -0.2) is 36.5 Å². The molecule has 1 aromatic carbocycles. The predicted molar refractivity (Wildman–Crippen MR) is 70.1 cm³/mol. The van der Waals surface area contributed by atoms with Crippen molar-refractivity contribution < 1.29 is 19.5 Å². The van der Waals surface area contributed by atoms with Gasteiger partial charge < -0.3 is 15.3 Å². The van der Waals surface area contributed by atoms with Gasteiger partial charge in [-0.1, -0.05) is 12.1 Å². The van der Waals surface area contributed by atoms with Crippen molar-refractivity contribution in [3.63, 3.8) is 0 Å². The average molecular weight is 264 g/mol. The van der Waals surface area contributed by atoms with E-state index in [2.05, 4.69) is 5.32 Å². The lowest BCUT2D eigenvalue weighted by Gasteiger charge is -2.18. The monoisotopic (exact) mass is 264 g/mol. The van der Waals surface area contributed by atoms with Gasteiger partial charge in [-0.05, 0) is 12.1 Å². The maximum atomic E-state index is 11.9. The fraction of sp³-hybridized carbons (Fsp3) is 0.308. The topological polar surface area (TPSA) is 86.7 Å². The number of benzene rings is 1. The van der Waals surface area contributed by atoms with Gasteiger partial charge in [-0.25, -0.2) is 0 Å². The van der Waals surface area contributed by atoms with Crippen LogP contribution in [0.5, 0.6) is 0 Å². The number of nitrogens with one attached hydrogen (secondary N) is 1. The highest BCUT2D eigenvalue weighted by atomic mass is 16.4. The number of carbonyl (C=O) groups is 3. The Morgan fingerprint density at radius 3 is 2.47 bits per heavy atom. The Kier molecular flexibility index (Phi) is 5.05. The van der Waals surface area contributed by atoms with Crippen LogP contribution < -0.4 is 10.2 Å². The van der Waals surface area contributed by atoms with Crippen LogP contribution in [-0.2, 0) is 9.59 Å². The van der Waals surface area contributed by atoms with Crippen molar-refractivity contribution in [1.82, 2.24) is 5.32 Å². The van der Waals surface area contributed by atoms with Crippen molar-refractivity contribution in [2.24, 2.45) is 0 Å². The number of hydrogen-bond donors (Lipinski definition) is 2. The Labute approximate surface area is 111 Å². The Bertz CT molecular complexity index is 499. The molecule has 0 spiro atoms. The zero-order valence-corrected chi connectivity index (χ0v) is 10.8. The van der Waals surface area contributed by atoms with Gasteiger partial charge >= 0.3 is 5.97 Å². The molecule has 0 saturated carbocycles. The largest absolute Gasteiger partial charge is 0.481 e. The highest BCUT2D eigenvalue weighted by Gasteiger charge is 2.15. The number of nitrogens with zero attached hydrogens (tertiary/aromatic N) is 1. The number of carbonyl (C=O) groups excluding carboxylic acids is 2. The van der Waals surface area contributed by atoms with E-state index in [4.69, 9.17) is 5.11 Å². The van der Waals surface area contributed by atoms with Crippen LogP contribution in [0.2, 0.25) is 0 Å². The first-order valence-corrected chi connectivity index (χ1v) is 5.76. The molecule has 0 radical (unpaired) electrons. The first-order valence-electron chi connectivity index (χ1n) is 5.76. The molecule has 0 fully saturated rings. The molecule has 0 heterocycles. The first-order chi connectivity index (χ1) is 8.93. The number of aliphatic carboxylic acids is 1. The molecule has 2 amide bonds. The minimum absolute atomic E-state index is 0.0479. The van der Waals surface area contributed by atoms with E-state index in [0.29, 0.717) is 11.3 Å². The van der Waals surface area contributed by atoms with E-state index >= 15 is 0 Å². The molecule has 0 saturated heterocycles. The molecule has 0 bridgehead atoms. The highest BCUT2D eigenvalue weighted by Crippen LogP contribution is 2.19. The van der Waals surface area contributed by atoms with Crippen molar-refractivity contribution in [1.29, 1.82) is 0 Å². The SMILES string of the molecule is CC(=O)N(C)c1ccccc1C(=O)NCCC(=O)O. The van der Waals surface area contributed by atoms with E-state index in [0.717, 1.165) is 0 Å². The van der Waals surface area contributed by atoms with Crippen LogP contribution in [0.4, 0.5) is 5.69 Å². The minimum Gasteiger partial charge on any atom is -0.481 e. The van der Waals surface area contributed by atoms with E-state index < -0.39 is 11.9 Å². The summed E-state index contributed by atoms with van der Waals surface area (Å²) in [7, 11) is 1.58. The van der Waals surface area contributed by atoms with Crippen molar-refractivity contribution in [3.8, 4) is 0 Å². The van der Waals surface area contributed by atoms with Crippen LogP contribution in [0.15, 0.2) is 24.3 Å². The van der Waals surface area contributed by atoms with Gasteiger partial charge in [0.15, 0.2) is 0 Å². The molecule has 6 heteroatoms. The minimum atomic E-state index is -0.977. The number of carboxylic acid groups (broad SMARTS) is 1. The summed E-state index contributed by atoms with van der Waals surface area (Å²) in [5.74, 6) is -1.56. The van der Waals surface area contributed by atoms with E-state index in [9.17, 15) is 14.4 Å². The standard InChI is InChI=1S/C13H16N2O4/c1-9(16)15(2)11-6-4-3-5-10(11)13(19)14-8-7-12(17)18/h3-6H,7-8H2,1-2H3,(H,14,19)(H,17,18). The molecule has 6 nitrogen and oxygen atoms in total. The zero-order valence-electron chi connectivity index (χ0n) is 10.8. The normalized spacial score (nSPS) is 9.79. The molecule has 0 aliphatic heterocycles. The smallest absolute Gasteiger partial charge is 0.305 e. The molecule has 0 unspecified atom stereocenters. The molecule has 19 heavy (non-hydrogen) atoms. The summed E-state index contributed by atoms with van der Waals surface area (Å²) >= 11 is 0. The second kappa shape index (κ2) is 6.53. The van der Waals surface area contributed by atoms with Gasteiger partial charge in [0, 0.05) is 20.5 Å². The highest BCUT2D eigenvalue weighted by molar-refractivity contribution is 6.04. The van der Waals surface area contributed by atoms with Crippen molar-refractivity contribution in [2.45, 2.75) is 13.3 Å². The summed E-state index contributed by atoms with van der Waals surface area (Å²) in [5, 5.41) is 11.0. The lowest BCUT2D eigenvalue weighted by Crippen LogP contribution is -2.30. The second-order valence-electron chi connectivity index (χ2n) is 3.99. The molecular weight excluding hydrogens is 248 g/mol. The van der Waals surface area contributed by atoms with Crippen molar-refractivity contribution in [2.75, 3.05) is 18.5 Å². The molecule has 2 N–H and O–H groups in total. The molecule has 0 aliphatic rings. The van der Waals surface area contributed by atoms with Crippen LogP contribution in [0, 0.1) is 0 Å². The third kappa shape index (κ3) is 4.09. The lowest BCUT2D eigenvalue weighted by atomic mass is 10.1. The number of para-hydroxylation sites is 1. The van der Waals surface area contributed by atoms with Gasteiger partial charge in [-0.3, -0.25) is 14.4 Å². The lowest BCUT2D eigenvalue weighted by molar-refractivity contribution is -0.136. The van der Waals surface area contributed by atoms with Gasteiger partial charge in [0.1, 0.15) is 0 Å². The molecule has 0 aromatic heterocycles. The first kappa shape index (κ1) is 14.7. The Morgan fingerprint density at radius 1 is 1.26 bits per heavy atom. The molecule has 1 rings (SSSR count). The molecule has 0 atom stereocenters. The second-order valence-corrected chi connectivity index (χ2v) is 3.99. The summed E-state index contributed by atoms with van der Waals surface area (Å²) in [6.07, 6.45) is -0.142. The number of amides is 2. The summed E-state index contributed by atoms with van der Waals surface area (Å²) in [5.41, 5.74) is 0.827. The van der Waals surface area contributed by atoms with Crippen molar-refractivity contribution in [3.05, 3.63) is 29.8 Å². The van der Waals surface area contributed by atoms with Crippen LogP contribution in [0.1, 0.15) is 23.7 Å². The Hall–Kier alpha value is -2.37. The van der Waals surface area contributed by atoms with Crippen LogP contribution in [0.25, 0.3) is 0 Å². The summed E-state index contributed by atoms with van der Waals surface area (Å²) in [6, 6.07) is 6.66. The van der Waals surface area contributed by atoms with E-state index in [1.54, 1.807) is 31.3 Å². The number of hydrogen-bond acceptors (Lipinski definition) is 3. The fourth-order valence-electron chi connectivity index (χ4n) is 1.51. The third-order valence-electron chi connectivity index (χ3n) is 2.61. The molecule has 1 aromatic rings. The van der Waals surface area contributed by atoms with Crippen LogP contribution in [0.3, 0.4) is 0 Å². The van der Waals surface area contributed by atoms with Gasteiger partial charge in [0.05, 0.1) is 17.7 Å². The van der Waals surface area contributed by atoms with Crippen LogP contribution >= 0.6 is 0 Å². The number of anilines is 1. The summed E-state index contributed by atoms with van der Waals surface area (Å²) in [4.78, 5) is 35.0. The zero-order chi connectivity index (χ0) is 14.4. The maximum absolute atomic E-state index is 11.9. The van der Waals surface area contributed by atoms with E-state index in [1.807, 2.05) is 0 Å². The molecule has 0 aliphatic carbocycles. The predicted octanol–water partition coefficient (Wildman–Crippen LogP) is 0.874. The summed E-state index contributed by atoms with van der Waals surface area (Å²) in [6.45, 7) is 1.45. The van der Waals surface area contributed by atoms with Crippen molar-refractivity contribution >= 4 is 23.5 Å². The van der Waals surface area contributed by atoms with E-state index in [-0.39, 0.29) is 18.9 Å². The average Bonchev–Trinajstić information content (AvgIpc) is 2.37. The molecular formula is C13H16N2O4. The third-order valence-corrected chi connectivity index (χ3v) is 2.61. The number of carboxylic acids is 1. The fourth-order valence-corrected chi connectivity index (χ4v) is 1.51. The quantitative estimate of drug-likeness (QED) is 0.826. The van der Waals surface area contributed by atoms with E-state index in [1.165, 1.54) is 11.8 Å². The van der Waals surface area contributed by atoms with Gasteiger partial charge in [0.2, 0.25) is 5.91 Å². The Morgan fingerprint density at radius 2 is 1.89 bits per heavy atom. The van der Waals surface area contributed by atoms with Gasteiger partial charge in [-0.15, -0.1) is 0 Å². The number of rotatable bonds is 5. The van der Waals surface area contributed by atoms with Gasteiger partial charge in [0.25, 0.3) is 5.91 Å². The molecule has 102 valence electrons. The van der Waals surface area contributed by atoms with Gasteiger partial charge in [-0.2, -0.15) is 0 Å². The maximum Gasteiger partial charge on any atom is 0.305 e. The Balaban J connectivity index is 2.85. The summed E-state index contributed by atoms with van der Waals surface area (Å²) < 4.78 is 0.